The van der Waals surface area contributed by atoms with Crippen molar-refractivity contribution < 1.29 is 9.53 Å². The van der Waals surface area contributed by atoms with Gasteiger partial charge in [0, 0.05) is 23.9 Å². The van der Waals surface area contributed by atoms with Gasteiger partial charge in [0.15, 0.2) is 4.34 Å². The lowest BCUT2D eigenvalue weighted by Crippen LogP contribution is -2.18. The lowest BCUT2D eigenvalue weighted by molar-refractivity contribution is -0.113. The zero-order valence-electron chi connectivity index (χ0n) is 16.1. The van der Waals surface area contributed by atoms with Gasteiger partial charge in [0.05, 0.1) is 11.9 Å². The van der Waals surface area contributed by atoms with Crippen LogP contribution in [0.25, 0.3) is 0 Å². The molecule has 2 heterocycles. The standard InChI is InChI=1S/C19H25ClN4O2S2/c1-3-12-7-8-15(20)14(4-2)17(12)22-16(25)11-27-19-24-23-18(28-19)21-10-13-6-5-9-26-13/h7-8,13H,3-6,9-11H2,1-2H3,(H,21,23)(H,22,25). The second-order valence-electron chi connectivity index (χ2n) is 6.49. The Morgan fingerprint density at radius 3 is 2.93 bits per heavy atom. The summed E-state index contributed by atoms with van der Waals surface area (Å²) in [5.41, 5.74) is 2.92. The second kappa shape index (κ2) is 10.4. The van der Waals surface area contributed by atoms with E-state index in [-0.39, 0.29) is 17.8 Å². The fourth-order valence-electron chi connectivity index (χ4n) is 3.12. The van der Waals surface area contributed by atoms with E-state index in [4.69, 9.17) is 16.3 Å². The van der Waals surface area contributed by atoms with Crippen LogP contribution < -0.4 is 10.6 Å². The van der Waals surface area contributed by atoms with Gasteiger partial charge in [-0.15, -0.1) is 10.2 Å². The average molecular weight is 441 g/mol. The van der Waals surface area contributed by atoms with Crippen LogP contribution in [0.2, 0.25) is 5.02 Å². The Morgan fingerprint density at radius 2 is 2.21 bits per heavy atom. The van der Waals surface area contributed by atoms with E-state index in [1.165, 1.54) is 23.1 Å². The lowest BCUT2D eigenvalue weighted by Gasteiger charge is -2.15. The zero-order chi connectivity index (χ0) is 19.9. The van der Waals surface area contributed by atoms with Gasteiger partial charge in [0.25, 0.3) is 0 Å². The van der Waals surface area contributed by atoms with Crippen LogP contribution in [0, 0.1) is 0 Å². The van der Waals surface area contributed by atoms with Crippen LogP contribution in [0.15, 0.2) is 16.5 Å². The highest BCUT2D eigenvalue weighted by Gasteiger charge is 2.17. The quantitative estimate of drug-likeness (QED) is 0.553. The smallest absolute Gasteiger partial charge is 0.234 e. The molecule has 1 saturated heterocycles. The Labute approximate surface area is 178 Å². The first-order valence-corrected chi connectivity index (χ1v) is 11.7. The van der Waals surface area contributed by atoms with Gasteiger partial charge < -0.3 is 15.4 Å². The van der Waals surface area contributed by atoms with Crippen LogP contribution in [0.1, 0.15) is 37.8 Å². The largest absolute Gasteiger partial charge is 0.376 e. The monoisotopic (exact) mass is 440 g/mol. The first-order valence-electron chi connectivity index (χ1n) is 9.52. The number of halogens is 1. The van der Waals surface area contributed by atoms with Crippen molar-refractivity contribution in [1.82, 2.24) is 10.2 Å². The number of thioether (sulfide) groups is 1. The van der Waals surface area contributed by atoms with Crippen molar-refractivity contribution in [2.24, 2.45) is 0 Å². The highest BCUT2D eigenvalue weighted by molar-refractivity contribution is 8.01. The molecule has 1 aromatic carbocycles. The fourth-order valence-corrected chi connectivity index (χ4v) is 4.97. The van der Waals surface area contributed by atoms with Crippen LogP contribution in [-0.4, -0.2) is 41.1 Å². The maximum Gasteiger partial charge on any atom is 0.234 e. The molecule has 1 aliphatic heterocycles. The highest BCUT2D eigenvalue weighted by Crippen LogP contribution is 2.30. The SMILES string of the molecule is CCc1ccc(Cl)c(CC)c1NC(=O)CSc1nnc(NCC2CCCO2)s1. The van der Waals surface area contributed by atoms with Crippen molar-refractivity contribution >= 4 is 51.4 Å². The first kappa shape index (κ1) is 21.4. The van der Waals surface area contributed by atoms with E-state index in [9.17, 15) is 4.79 Å². The third-order valence-corrected chi connectivity index (χ3v) is 6.95. The van der Waals surface area contributed by atoms with Gasteiger partial charge in [-0.3, -0.25) is 4.79 Å². The molecule has 1 aliphatic rings. The van der Waals surface area contributed by atoms with Crippen LogP contribution in [0.3, 0.4) is 0 Å². The van der Waals surface area contributed by atoms with Gasteiger partial charge in [0.1, 0.15) is 0 Å². The van der Waals surface area contributed by atoms with Crippen LogP contribution in [-0.2, 0) is 22.4 Å². The third-order valence-electron chi connectivity index (χ3n) is 4.58. The Balaban J connectivity index is 1.53. The van der Waals surface area contributed by atoms with Gasteiger partial charge in [-0.1, -0.05) is 54.6 Å². The molecule has 2 N–H and O–H groups in total. The summed E-state index contributed by atoms with van der Waals surface area (Å²) in [6.45, 7) is 5.69. The number of ether oxygens (including phenoxy) is 1. The summed E-state index contributed by atoms with van der Waals surface area (Å²) in [5.74, 6) is 0.208. The number of carbonyl (C=O) groups excluding carboxylic acids is 1. The molecule has 1 amide bonds. The Kier molecular flexibility index (Phi) is 7.96. The number of aryl methyl sites for hydroxylation is 1. The molecule has 9 heteroatoms. The molecule has 28 heavy (non-hydrogen) atoms. The summed E-state index contributed by atoms with van der Waals surface area (Å²) < 4.78 is 6.36. The number of carbonyl (C=O) groups is 1. The zero-order valence-corrected chi connectivity index (χ0v) is 18.5. The minimum atomic E-state index is -0.0688. The summed E-state index contributed by atoms with van der Waals surface area (Å²) in [7, 11) is 0. The second-order valence-corrected chi connectivity index (χ2v) is 9.10. The molecule has 0 radical (unpaired) electrons. The van der Waals surface area contributed by atoms with Crippen LogP contribution in [0.5, 0.6) is 0 Å². The predicted molar refractivity (Wildman–Crippen MR) is 117 cm³/mol. The number of aromatic nitrogens is 2. The van der Waals surface area contributed by atoms with E-state index >= 15 is 0 Å². The predicted octanol–water partition coefficient (Wildman–Crippen LogP) is 4.64. The molecular weight excluding hydrogens is 416 g/mol. The van der Waals surface area contributed by atoms with Crippen molar-refractivity contribution in [3.05, 3.63) is 28.3 Å². The van der Waals surface area contributed by atoms with E-state index in [2.05, 4.69) is 27.8 Å². The Bertz CT molecular complexity index is 809. The normalized spacial score (nSPS) is 16.3. The number of nitrogens with zero attached hydrogens (tertiary/aromatic N) is 2. The summed E-state index contributed by atoms with van der Waals surface area (Å²) in [6, 6.07) is 3.87. The minimum Gasteiger partial charge on any atom is -0.376 e. The summed E-state index contributed by atoms with van der Waals surface area (Å²) in [6.07, 6.45) is 4.06. The van der Waals surface area contributed by atoms with E-state index < -0.39 is 0 Å². The van der Waals surface area contributed by atoms with E-state index in [1.54, 1.807) is 0 Å². The average Bonchev–Trinajstić information content (AvgIpc) is 3.37. The molecule has 0 aliphatic carbocycles. The van der Waals surface area contributed by atoms with Crippen molar-refractivity contribution in [3.63, 3.8) is 0 Å². The number of hydrogen-bond donors (Lipinski definition) is 2. The minimum absolute atomic E-state index is 0.0688. The van der Waals surface area contributed by atoms with Crippen LogP contribution in [0.4, 0.5) is 10.8 Å². The molecule has 1 aromatic heterocycles. The van der Waals surface area contributed by atoms with Crippen molar-refractivity contribution in [2.75, 3.05) is 29.5 Å². The molecule has 3 rings (SSSR count). The number of hydrogen-bond acceptors (Lipinski definition) is 7. The molecular formula is C19H25ClN4O2S2. The number of amides is 1. The number of anilines is 2. The molecule has 0 saturated carbocycles. The van der Waals surface area contributed by atoms with E-state index in [0.717, 1.165) is 65.1 Å². The molecule has 1 fully saturated rings. The van der Waals surface area contributed by atoms with Gasteiger partial charge in [0.2, 0.25) is 11.0 Å². The summed E-state index contributed by atoms with van der Waals surface area (Å²) in [4.78, 5) is 12.5. The third kappa shape index (κ3) is 5.59. The fraction of sp³-hybridized carbons (Fsp3) is 0.526. The summed E-state index contributed by atoms with van der Waals surface area (Å²) in [5, 5.41) is 16.0. The molecule has 0 spiro atoms. The highest BCUT2D eigenvalue weighted by atomic mass is 35.5. The molecule has 2 aromatic rings. The lowest BCUT2D eigenvalue weighted by atomic mass is 10.0. The first-order chi connectivity index (χ1) is 13.6. The van der Waals surface area contributed by atoms with Crippen molar-refractivity contribution in [2.45, 2.75) is 50.0 Å². The summed E-state index contributed by atoms with van der Waals surface area (Å²) >= 11 is 9.15. The Hall–Kier alpha value is -1.35. The number of nitrogens with one attached hydrogen (secondary N) is 2. The Morgan fingerprint density at radius 1 is 1.36 bits per heavy atom. The van der Waals surface area contributed by atoms with Gasteiger partial charge in [-0.25, -0.2) is 0 Å². The molecule has 152 valence electrons. The number of benzene rings is 1. The molecule has 1 atom stereocenters. The molecule has 0 bridgehead atoms. The maximum absolute atomic E-state index is 12.5. The van der Waals surface area contributed by atoms with Crippen molar-refractivity contribution in [1.29, 1.82) is 0 Å². The van der Waals surface area contributed by atoms with Gasteiger partial charge >= 0.3 is 0 Å². The van der Waals surface area contributed by atoms with Crippen molar-refractivity contribution in [3.8, 4) is 0 Å². The molecule has 6 nitrogen and oxygen atoms in total. The van der Waals surface area contributed by atoms with Gasteiger partial charge in [-0.05, 0) is 42.9 Å². The van der Waals surface area contributed by atoms with Crippen LogP contribution >= 0.6 is 34.7 Å². The molecule has 1 unspecified atom stereocenters. The van der Waals surface area contributed by atoms with E-state index in [1.807, 2.05) is 19.1 Å². The van der Waals surface area contributed by atoms with Gasteiger partial charge in [-0.2, -0.15) is 0 Å². The maximum atomic E-state index is 12.5. The topological polar surface area (TPSA) is 76.1 Å². The number of rotatable bonds is 9. The van der Waals surface area contributed by atoms with E-state index in [0.29, 0.717) is 5.02 Å².